The summed E-state index contributed by atoms with van der Waals surface area (Å²) in [4.78, 5) is 12.0. The SMILES string of the molecule is CCCn1ccn(Cc2ccccc2C)c1=O. The fraction of sp³-hybridized carbons (Fsp3) is 0.357. The van der Waals surface area contributed by atoms with Crippen molar-refractivity contribution in [2.24, 2.45) is 0 Å². The molecule has 2 aromatic rings. The maximum Gasteiger partial charge on any atom is 0.328 e. The minimum absolute atomic E-state index is 0.0788. The molecule has 1 aromatic carbocycles. The third kappa shape index (κ3) is 2.49. The van der Waals surface area contributed by atoms with Gasteiger partial charge in [-0.2, -0.15) is 0 Å². The van der Waals surface area contributed by atoms with Gasteiger partial charge in [-0.25, -0.2) is 4.79 Å². The number of aromatic nitrogens is 2. The van der Waals surface area contributed by atoms with E-state index < -0.39 is 0 Å². The highest BCUT2D eigenvalue weighted by Gasteiger charge is 2.04. The standard InChI is InChI=1S/C14H18N2O/c1-3-8-15-9-10-16(14(15)17)11-13-7-5-4-6-12(13)2/h4-7,9-10H,3,8,11H2,1-2H3. The number of nitrogens with zero attached hydrogens (tertiary/aromatic N) is 2. The van der Waals surface area contributed by atoms with Gasteiger partial charge in [0.05, 0.1) is 6.54 Å². The first kappa shape index (κ1) is 11.7. The van der Waals surface area contributed by atoms with Crippen LogP contribution in [0.5, 0.6) is 0 Å². The zero-order valence-corrected chi connectivity index (χ0v) is 10.4. The van der Waals surface area contributed by atoms with Gasteiger partial charge in [0.25, 0.3) is 0 Å². The first-order valence-corrected chi connectivity index (χ1v) is 6.02. The molecule has 1 aromatic heterocycles. The van der Waals surface area contributed by atoms with Gasteiger partial charge in [-0.3, -0.25) is 9.13 Å². The minimum Gasteiger partial charge on any atom is -0.299 e. The first-order valence-electron chi connectivity index (χ1n) is 6.02. The maximum atomic E-state index is 12.0. The fourth-order valence-electron chi connectivity index (χ4n) is 1.96. The molecule has 0 N–H and O–H groups in total. The van der Waals surface area contributed by atoms with E-state index in [2.05, 4.69) is 26.0 Å². The summed E-state index contributed by atoms with van der Waals surface area (Å²) in [7, 11) is 0. The summed E-state index contributed by atoms with van der Waals surface area (Å²) in [5.74, 6) is 0. The zero-order valence-electron chi connectivity index (χ0n) is 10.4. The van der Waals surface area contributed by atoms with Crippen LogP contribution in [0.4, 0.5) is 0 Å². The maximum absolute atomic E-state index is 12.0. The summed E-state index contributed by atoms with van der Waals surface area (Å²) in [6, 6.07) is 8.17. The molecule has 0 atom stereocenters. The predicted octanol–water partition coefficient (Wildman–Crippen LogP) is 2.42. The van der Waals surface area contributed by atoms with Crippen LogP contribution < -0.4 is 5.69 Å². The molecule has 3 nitrogen and oxygen atoms in total. The van der Waals surface area contributed by atoms with Gasteiger partial charge >= 0.3 is 5.69 Å². The molecule has 0 radical (unpaired) electrons. The molecular formula is C14H18N2O. The van der Waals surface area contributed by atoms with E-state index in [0.29, 0.717) is 6.54 Å². The number of rotatable bonds is 4. The lowest BCUT2D eigenvalue weighted by molar-refractivity contribution is 0.623. The topological polar surface area (TPSA) is 26.9 Å². The third-order valence-corrected chi connectivity index (χ3v) is 2.98. The van der Waals surface area contributed by atoms with Gasteiger partial charge in [0.15, 0.2) is 0 Å². The highest BCUT2D eigenvalue weighted by Crippen LogP contribution is 2.07. The van der Waals surface area contributed by atoms with Gasteiger partial charge in [-0.05, 0) is 24.5 Å². The van der Waals surface area contributed by atoms with E-state index in [4.69, 9.17) is 0 Å². The number of hydrogen-bond donors (Lipinski definition) is 0. The summed E-state index contributed by atoms with van der Waals surface area (Å²) in [5.41, 5.74) is 2.50. The Kier molecular flexibility index (Phi) is 3.47. The molecule has 0 fully saturated rings. The molecule has 90 valence electrons. The molecule has 0 saturated carbocycles. The van der Waals surface area contributed by atoms with Crippen molar-refractivity contribution in [3.05, 3.63) is 58.3 Å². The van der Waals surface area contributed by atoms with E-state index in [9.17, 15) is 4.79 Å². The molecule has 17 heavy (non-hydrogen) atoms. The third-order valence-electron chi connectivity index (χ3n) is 2.98. The fourth-order valence-corrected chi connectivity index (χ4v) is 1.96. The Hall–Kier alpha value is -1.77. The van der Waals surface area contributed by atoms with Crippen molar-refractivity contribution in [2.75, 3.05) is 0 Å². The Morgan fingerprint density at radius 3 is 2.53 bits per heavy atom. The molecule has 0 saturated heterocycles. The van der Waals surface area contributed by atoms with Crippen molar-refractivity contribution in [2.45, 2.75) is 33.4 Å². The normalized spacial score (nSPS) is 10.7. The second kappa shape index (κ2) is 5.04. The second-order valence-corrected chi connectivity index (χ2v) is 4.33. The lowest BCUT2D eigenvalue weighted by atomic mass is 10.1. The van der Waals surface area contributed by atoms with Gasteiger partial charge in [-0.1, -0.05) is 31.2 Å². The van der Waals surface area contributed by atoms with Gasteiger partial charge < -0.3 is 0 Å². The van der Waals surface area contributed by atoms with Crippen molar-refractivity contribution < 1.29 is 0 Å². The number of benzene rings is 1. The number of hydrogen-bond acceptors (Lipinski definition) is 1. The van der Waals surface area contributed by atoms with Gasteiger partial charge in [-0.15, -0.1) is 0 Å². The monoisotopic (exact) mass is 230 g/mol. The molecule has 3 heteroatoms. The zero-order chi connectivity index (χ0) is 12.3. The molecule has 0 unspecified atom stereocenters. The van der Waals surface area contributed by atoms with E-state index >= 15 is 0 Å². The van der Waals surface area contributed by atoms with Crippen LogP contribution in [0.3, 0.4) is 0 Å². The number of aryl methyl sites for hydroxylation is 2. The first-order chi connectivity index (χ1) is 8.22. The van der Waals surface area contributed by atoms with E-state index in [1.165, 1.54) is 11.1 Å². The molecule has 2 rings (SSSR count). The molecule has 0 aliphatic rings. The largest absolute Gasteiger partial charge is 0.328 e. The van der Waals surface area contributed by atoms with E-state index in [1.54, 1.807) is 9.13 Å². The van der Waals surface area contributed by atoms with Crippen molar-refractivity contribution in [3.8, 4) is 0 Å². The summed E-state index contributed by atoms with van der Waals surface area (Å²) in [6.45, 7) is 5.59. The highest BCUT2D eigenvalue weighted by molar-refractivity contribution is 5.25. The summed E-state index contributed by atoms with van der Waals surface area (Å²) < 4.78 is 3.52. The molecule has 1 heterocycles. The van der Waals surface area contributed by atoms with Crippen LogP contribution in [0.15, 0.2) is 41.5 Å². The Morgan fingerprint density at radius 1 is 1.12 bits per heavy atom. The van der Waals surface area contributed by atoms with Crippen LogP contribution in [0.1, 0.15) is 24.5 Å². The molecule has 0 bridgehead atoms. The van der Waals surface area contributed by atoms with E-state index in [0.717, 1.165) is 13.0 Å². The van der Waals surface area contributed by atoms with Crippen LogP contribution >= 0.6 is 0 Å². The lowest BCUT2D eigenvalue weighted by Gasteiger charge is -2.05. The minimum atomic E-state index is 0.0788. The van der Waals surface area contributed by atoms with E-state index in [1.807, 2.05) is 24.5 Å². The quantitative estimate of drug-likeness (QED) is 0.792. The van der Waals surface area contributed by atoms with Crippen LogP contribution in [0, 0.1) is 6.92 Å². The van der Waals surface area contributed by atoms with Crippen LogP contribution in [0.25, 0.3) is 0 Å². The van der Waals surface area contributed by atoms with Crippen LogP contribution in [-0.2, 0) is 13.1 Å². The Balaban J connectivity index is 2.25. The lowest BCUT2D eigenvalue weighted by Crippen LogP contribution is -2.24. The molecule has 0 aliphatic heterocycles. The number of imidazole rings is 1. The summed E-state index contributed by atoms with van der Waals surface area (Å²) >= 11 is 0. The summed E-state index contributed by atoms with van der Waals surface area (Å²) in [6.07, 6.45) is 4.71. The molecule has 0 aliphatic carbocycles. The highest BCUT2D eigenvalue weighted by atomic mass is 16.1. The second-order valence-electron chi connectivity index (χ2n) is 4.33. The molecular weight excluding hydrogens is 212 g/mol. The van der Waals surface area contributed by atoms with Crippen LogP contribution in [-0.4, -0.2) is 9.13 Å². The van der Waals surface area contributed by atoms with Crippen molar-refractivity contribution in [1.29, 1.82) is 0 Å². The Bertz CT molecular complexity index is 551. The van der Waals surface area contributed by atoms with Crippen LogP contribution in [0.2, 0.25) is 0 Å². The van der Waals surface area contributed by atoms with E-state index in [-0.39, 0.29) is 5.69 Å². The smallest absolute Gasteiger partial charge is 0.299 e. The van der Waals surface area contributed by atoms with Gasteiger partial charge in [0.2, 0.25) is 0 Å². The molecule has 0 amide bonds. The van der Waals surface area contributed by atoms with Crippen molar-refractivity contribution >= 4 is 0 Å². The molecule has 0 spiro atoms. The summed E-state index contributed by atoms with van der Waals surface area (Å²) in [5, 5.41) is 0. The van der Waals surface area contributed by atoms with Crippen molar-refractivity contribution in [1.82, 2.24) is 9.13 Å². The van der Waals surface area contributed by atoms with Gasteiger partial charge in [0.1, 0.15) is 0 Å². The average molecular weight is 230 g/mol. The average Bonchev–Trinajstić information content (AvgIpc) is 2.65. The predicted molar refractivity (Wildman–Crippen MR) is 69.3 cm³/mol. The Morgan fingerprint density at radius 2 is 1.82 bits per heavy atom. The van der Waals surface area contributed by atoms with Gasteiger partial charge in [0, 0.05) is 18.9 Å². The Labute approximate surface area is 101 Å². The van der Waals surface area contributed by atoms with Crippen molar-refractivity contribution in [3.63, 3.8) is 0 Å².